The van der Waals surface area contributed by atoms with Crippen molar-refractivity contribution in [3.8, 4) is 0 Å². The smallest absolute Gasteiger partial charge is 0.331 e. The van der Waals surface area contributed by atoms with Crippen LogP contribution in [0.15, 0.2) is 24.3 Å². The summed E-state index contributed by atoms with van der Waals surface area (Å²) in [6.07, 6.45) is 1.24. The zero-order valence-electron chi connectivity index (χ0n) is 11.8. The summed E-state index contributed by atoms with van der Waals surface area (Å²) >= 11 is 5.77. The first-order valence-electron chi connectivity index (χ1n) is 6.34. The van der Waals surface area contributed by atoms with E-state index >= 15 is 0 Å². The number of amides is 2. The molecule has 0 bridgehead atoms. The van der Waals surface area contributed by atoms with Gasteiger partial charge in [0.25, 0.3) is 0 Å². The van der Waals surface area contributed by atoms with Crippen molar-refractivity contribution in [1.29, 1.82) is 0 Å². The maximum absolute atomic E-state index is 11.9. The molecule has 0 saturated carbocycles. The van der Waals surface area contributed by atoms with E-state index in [4.69, 9.17) is 16.3 Å². The first-order valence-corrected chi connectivity index (χ1v) is 6.72. The minimum absolute atomic E-state index is 0.464. The van der Waals surface area contributed by atoms with Crippen molar-refractivity contribution in [3.63, 3.8) is 0 Å². The van der Waals surface area contributed by atoms with Gasteiger partial charge in [0.2, 0.25) is 0 Å². The third kappa shape index (κ3) is 4.42. The number of hydrogen-bond acceptors (Lipinski definition) is 3. The molecule has 1 rings (SSSR count). The molecule has 2 amide bonds. The van der Waals surface area contributed by atoms with Crippen LogP contribution < -0.4 is 10.6 Å². The molecule has 2 N–H and O–H groups in total. The number of esters is 1. The van der Waals surface area contributed by atoms with Crippen molar-refractivity contribution in [2.75, 3.05) is 12.4 Å². The fourth-order valence-electron chi connectivity index (χ4n) is 1.89. The van der Waals surface area contributed by atoms with E-state index in [1.54, 1.807) is 31.2 Å². The van der Waals surface area contributed by atoms with Crippen molar-refractivity contribution in [2.24, 2.45) is 0 Å². The van der Waals surface area contributed by atoms with E-state index in [1.165, 1.54) is 7.11 Å². The molecule has 0 aliphatic carbocycles. The predicted molar refractivity (Wildman–Crippen MR) is 78.9 cm³/mol. The van der Waals surface area contributed by atoms with Crippen molar-refractivity contribution >= 4 is 29.3 Å². The SMILES string of the molecule is CCCC(C)(NC(=O)Nc1ccc(Cl)cc1)C(=O)OC. The van der Waals surface area contributed by atoms with Crippen LogP contribution in [0.3, 0.4) is 0 Å². The van der Waals surface area contributed by atoms with E-state index in [2.05, 4.69) is 10.6 Å². The molecule has 6 heteroatoms. The summed E-state index contributed by atoms with van der Waals surface area (Å²) in [6.45, 7) is 3.57. The largest absolute Gasteiger partial charge is 0.467 e. The van der Waals surface area contributed by atoms with Gasteiger partial charge in [-0.3, -0.25) is 0 Å². The second-order valence-corrected chi connectivity index (χ2v) is 5.10. The molecule has 0 spiro atoms. The molecule has 0 radical (unpaired) electrons. The number of urea groups is 1. The van der Waals surface area contributed by atoms with Crippen molar-refractivity contribution in [3.05, 3.63) is 29.3 Å². The Morgan fingerprint density at radius 2 is 1.90 bits per heavy atom. The van der Waals surface area contributed by atoms with Crippen LogP contribution in [-0.2, 0) is 9.53 Å². The Labute approximate surface area is 123 Å². The lowest BCUT2D eigenvalue weighted by Gasteiger charge is -2.27. The average molecular weight is 299 g/mol. The number of carbonyl (C=O) groups is 2. The van der Waals surface area contributed by atoms with E-state index in [0.717, 1.165) is 6.42 Å². The molecule has 110 valence electrons. The Balaban J connectivity index is 2.71. The Kier molecular flexibility index (Phi) is 5.82. The first-order chi connectivity index (χ1) is 9.41. The number of methoxy groups -OCH3 is 1. The molecule has 0 fully saturated rings. The molecule has 0 aromatic heterocycles. The first kappa shape index (κ1) is 16.3. The molecule has 0 aliphatic heterocycles. The second-order valence-electron chi connectivity index (χ2n) is 4.66. The molecule has 1 aromatic rings. The number of ether oxygens (including phenoxy) is 1. The number of anilines is 1. The lowest BCUT2D eigenvalue weighted by Crippen LogP contribution is -2.54. The number of benzene rings is 1. The maximum atomic E-state index is 11.9. The summed E-state index contributed by atoms with van der Waals surface area (Å²) in [5.41, 5.74) is -0.448. The predicted octanol–water partition coefficient (Wildman–Crippen LogP) is 3.19. The molecule has 0 saturated heterocycles. The van der Waals surface area contributed by atoms with Gasteiger partial charge < -0.3 is 15.4 Å². The number of hydrogen-bond donors (Lipinski definition) is 2. The zero-order chi connectivity index (χ0) is 15.2. The van der Waals surface area contributed by atoms with Gasteiger partial charge in [0.05, 0.1) is 7.11 Å². The van der Waals surface area contributed by atoms with Gasteiger partial charge in [0.1, 0.15) is 5.54 Å². The Bertz CT molecular complexity index is 476. The van der Waals surface area contributed by atoms with Crippen LogP contribution in [0.2, 0.25) is 5.02 Å². The van der Waals surface area contributed by atoms with E-state index in [9.17, 15) is 9.59 Å². The van der Waals surface area contributed by atoms with Crippen LogP contribution >= 0.6 is 11.6 Å². The van der Waals surface area contributed by atoms with E-state index in [-0.39, 0.29) is 0 Å². The minimum Gasteiger partial charge on any atom is -0.467 e. The van der Waals surface area contributed by atoms with E-state index < -0.39 is 17.5 Å². The van der Waals surface area contributed by atoms with Crippen LogP contribution in [0.4, 0.5) is 10.5 Å². The van der Waals surface area contributed by atoms with Crippen molar-refractivity contribution in [2.45, 2.75) is 32.2 Å². The van der Waals surface area contributed by atoms with Crippen LogP contribution in [0, 0.1) is 0 Å². The molecule has 5 nitrogen and oxygen atoms in total. The summed E-state index contributed by atoms with van der Waals surface area (Å²) in [5, 5.41) is 5.88. The van der Waals surface area contributed by atoms with Gasteiger partial charge in [-0.05, 0) is 37.6 Å². The number of halogens is 1. The molecule has 20 heavy (non-hydrogen) atoms. The Morgan fingerprint density at radius 3 is 2.40 bits per heavy atom. The standard InChI is InChI=1S/C14H19ClN2O3/c1-4-9-14(2,12(18)20-3)17-13(19)16-11-7-5-10(15)6-8-11/h5-8H,4,9H2,1-3H3,(H2,16,17,19). The van der Waals surface area contributed by atoms with Gasteiger partial charge in [-0.25, -0.2) is 9.59 Å². The zero-order valence-corrected chi connectivity index (χ0v) is 12.6. The van der Waals surface area contributed by atoms with E-state index in [0.29, 0.717) is 17.1 Å². The normalized spacial score (nSPS) is 13.2. The van der Waals surface area contributed by atoms with Gasteiger partial charge in [-0.1, -0.05) is 24.9 Å². The van der Waals surface area contributed by atoms with Gasteiger partial charge >= 0.3 is 12.0 Å². The topological polar surface area (TPSA) is 67.4 Å². The third-order valence-corrected chi connectivity index (χ3v) is 3.13. The lowest BCUT2D eigenvalue weighted by atomic mass is 9.96. The molecule has 1 unspecified atom stereocenters. The summed E-state index contributed by atoms with van der Waals surface area (Å²) < 4.78 is 4.74. The fourth-order valence-corrected chi connectivity index (χ4v) is 2.01. The molecule has 0 aliphatic rings. The Hall–Kier alpha value is -1.75. The minimum atomic E-state index is -1.04. The van der Waals surface area contributed by atoms with Crippen LogP contribution in [0.25, 0.3) is 0 Å². The molecule has 0 heterocycles. The average Bonchev–Trinajstić information content (AvgIpc) is 2.40. The fraction of sp³-hybridized carbons (Fsp3) is 0.429. The number of nitrogens with one attached hydrogen (secondary N) is 2. The summed E-state index contributed by atoms with van der Waals surface area (Å²) in [6, 6.07) is 6.23. The van der Waals surface area contributed by atoms with Gasteiger partial charge in [0.15, 0.2) is 0 Å². The molecule has 1 atom stereocenters. The van der Waals surface area contributed by atoms with Crippen molar-refractivity contribution < 1.29 is 14.3 Å². The van der Waals surface area contributed by atoms with Crippen LogP contribution in [0.5, 0.6) is 0 Å². The van der Waals surface area contributed by atoms with Crippen LogP contribution in [0.1, 0.15) is 26.7 Å². The highest BCUT2D eigenvalue weighted by Gasteiger charge is 2.35. The van der Waals surface area contributed by atoms with Gasteiger partial charge in [-0.2, -0.15) is 0 Å². The molecular formula is C14H19ClN2O3. The lowest BCUT2D eigenvalue weighted by molar-refractivity contribution is -0.147. The number of carbonyl (C=O) groups excluding carboxylic acids is 2. The summed E-state index contributed by atoms with van der Waals surface area (Å²) in [5.74, 6) is -0.467. The van der Waals surface area contributed by atoms with Crippen molar-refractivity contribution in [1.82, 2.24) is 5.32 Å². The molecule has 1 aromatic carbocycles. The highest BCUT2D eigenvalue weighted by atomic mass is 35.5. The maximum Gasteiger partial charge on any atom is 0.331 e. The van der Waals surface area contributed by atoms with Crippen LogP contribution in [-0.4, -0.2) is 24.6 Å². The van der Waals surface area contributed by atoms with E-state index in [1.807, 2.05) is 6.92 Å². The second kappa shape index (κ2) is 7.14. The van der Waals surface area contributed by atoms with Gasteiger partial charge in [0, 0.05) is 10.7 Å². The summed E-state index contributed by atoms with van der Waals surface area (Å²) in [4.78, 5) is 23.7. The summed E-state index contributed by atoms with van der Waals surface area (Å²) in [7, 11) is 1.30. The highest BCUT2D eigenvalue weighted by molar-refractivity contribution is 6.30. The quantitative estimate of drug-likeness (QED) is 0.820. The molecular weight excluding hydrogens is 280 g/mol. The monoisotopic (exact) mass is 298 g/mol. The van der Waals surface area contributed by atoms with Gasteiger partial charge in [-0.15, -0.1) is 0 Å². The third-order valence-electron chi connectivity index (χ3n) is 2.88. The highest BCUT2D eigenvalue weighted by Crippen LogP contribution is 2.16. The Morgan fingerprint density at radius 1 is 1.30 bits per heavy atom. The number of rotatable bonds is 5.